The highest BCUT2D eigenvalue weighted by Gasteiger charge is 2.33. The van der Waals surface area contributed by atoms with Gasteiger partial charge in [0, 0.05) is 6.42 Å². The molecule has 1 N–H and O–H groups in total. The van der Waals surface area contributed by atoms with E-state index in [1.54, 1.807) is 0 Å². The second-order valence-corrected chi connectivity index (χ2v) is 10.0. The fourth-order valence-electron chi connectivity index (χ4n) is 4.36. The lowest BCUT2D eigenvalue weighted by Gasteiger charge is -2.36. The van der Waals surface area contributed by atoms with Gasteiger partial charge in [-0.05, 0) is 43.4 Å². The van der Waals surface area contributed by atoms with Gasteiger partial charge in [-0.25, -0.2) is 0 Å². The summed E-state index contributed by atoms with van der Waals surface area (Å²) in [5.74, 6) is 0.522. The van der Waals surface area contributed by atoms with E-state index in [1.807, 2.05) is 0 Å². The summed E-state index contributed by atoms with van der Waals surface area (Å²) in [6, 6.07) is 0. The Hall–Kier alpha value is -1.04. The van der Waals surface area contributed by atoms with Crippen LogP contribution in [0.3, 0.4) is 0 Å². The summed E-state index contributed by atoms with van der Waals surface area (Å²) in [7, 11) is 0. The van der Waals surface area contributed by atoms with Crippen LogP contribution in [0.5, 0.6) is 0 Å². The molecule has 2 aliphatic carbocycles. The van der Waals surface area contributed by atoms with Crippen LogP contribution in [-0.4, -0.2) is 34.2 Å². The Morgan fingerprint density at radius 2 is 1.67 bits per heavy atom. The number of ketones is 1. The summed E-state index contributed by atoms with van der Waals surface area (Å²) in [5.41, 5.74) is 0. The van der Waals surface area contributed by atoms with Crippen molar-refractivity contribution in [3.8, 4) is 0 Å². The maximum absolute atomic E-state index is 11.6. The van der Waals surface area contributed by atoms with Crippen LogP contribution in [0.1, 0.15) is 104 Å². The van der Waals surface area contributed by atoms with Crippen molar-refractivity contribution in [3.63, 3.8) is 0 Å². The van der Waals surface area contributed by atoms with Crippen molar-refractivity contribution in [3.05, 3.63) is 0 Å². The summed E-state index contributed by atoms with van der Waals surface area (Å²) < 4.78 is 5.48. The Balaban J connectivity index is 0.000000325. The van der Waals surface area contributed by atoms with Gasteiger partial charge in [-0.3, -0.25) is 14.4 Å². The lowest BCUT2D eigenvalue weighted by atomic mass is 9.75. The number of esters is 1. The van der Waals surface area contributed by atoms with E-state index < -0.39 is 5.97 Å². The van der Waals surface area contributed by atoms with Gasteiger partial charge in [-0.1, -0.05) is 59.3 Å². The number of hydrogen-bond donors (Lipinski definition) is 2. The van der Waals surface area contributed by atoms with E-state index in [4.69, 9.17) is 9.84 Å². The van der Waals surface area contributed by atoms with Crippen LogP contribution in [0, 0.1) is 17.8 Å². The predicted octanol–water partition coefficient (Wildman–Crippen LogP) is 5.84. The quantitative estimate of drug-likeness (QED) is 0.413. The van der Waals surface area contributed by atoms with Gasteiger partial charge in [-0.15, -0.1) is 0 Å². The van der Waals surface area contributed by atoms with Gasteiger partial charge in [0.25, 0.3) is 0 Å². The first kappa shape index (κ1) is 27.0. The first-order valence-electron chi connectivity index (χ1n) is 11.8. The smallest absolute Gasteiger partial charge is 0.306 e. The summed E-state index contributed by atoms with van der Waals surface area (Å²) in [5, 5.41) is 8.57. The number of thiol groups is 1. The standard InChI is InChI=1S/C14H24O4.C10H18OS/c1-9(2)11-5-4-10(3)8-12(11)18-14(17)7-6-13(15)16;11-9-7-5-3-1-2-4-6-8-10(9)12/h9-12H,4-8H2,1-3H3,(H,15,16);10,12H,1-8H2. The molecule has 2 saturated carbocycles. The predicted molar refractivity (Wildman–Crippen MR) is 123 cm³/mol. The Morgan fingerprint density at radius 3 is 2.30 bits per heavy atom. The molecule has 0 heterocycles. The molecule has 30 heavy (non-hydrogen) atoms. The fraction of sp³-hybridized carbons (Fsp3) is 0.875. The molecule has 2 aliphatic rings. The molecule has 2 rings (SSSR count). The van der Waals surface area contributed by atoms with Gasteiger partial charge in [0.1, 0.15) is 11.9 Å². The van der Waals surface area contributed by atoms with Crippen LogP contribution in [-0.2, 0) is 19.1 Å². The topological polar surface area (TPSA) is 80.7 Å². The van der Waals surface area contributed by atoms with E-state index in [9.17, 15) is 14.4 Å². The van der Waals surface area contributed by atoms with E-state index in [0.29, 0.717) is 23.5 Å². The maximum Gasteiger partial charge on any atom is 0.306 e. The van der Waals surface area contributed by atoms with Crippen LogP contribution >= 0.6 is 12.6 Å². The van der Waals surface area contributed by atoms with Crippen molar-refractivity contribution in [1.29, 1.82) is 0 Å². The largest absolute Gasteiger partial charge is 0.481 e. The average molecular weight is 443 g/mol. The summed E-state index contributed by atoms with van der Waals surface area (Å²) in [4.78, 5) is 33.4. The van der Waals surface area contributed by atoms with Crippen molar-refractivity contribution in [2.24, 2.45) is 17.8 Å². The minimum absolute atomic E-state index is 0.0228. The van der Waals surface area contributed by atoms with Crippen molar-refractivity contribution >= 4 is 30.4 Å². The van der Waals surface area contributed by atoms with Gasteiger partial charge >= 0.3 is 11.9 Å². The Kier molecular flexibility index (Phi) is 13.4. The average Bonchev–Trinajstić information content (AvgIpc) is 2.68. The first-order chi connectivity index (χ1) is 14.2. The second-order valence-electron chi connectivity index (χ2n) is 9.39. The molecule has 0 radical (unpaired) electrons. The van der Waals surface area contributed by atoms with E-state index in [2.05, 4.69) is 33.4 Å². The van der Waals surface area contributed by atoms with Crippen LogP contribution in [0.4, 0.5) is 0 Å². The van der Waals surface area contributed by atoms with Gasteiger partial charge in [0.2, 0.25) is 0 Å². The van der Waals surface area contributed by atoms with E-state index in [1.165, 1.54) is 38.5 Å². The molecular formula is C24H42O5S. The zero-order chi connectivity index (χ0) is 22.5. The Morgan fingerprint density at radius 1 is 1.03 bits per heavy atom. The van der Waals surface area contributed by atoms with E-state index in [0.717, 1.165) is 32.1 Å². The van der Waals surface area contributed by atoms with Crippen LogP contribution in [0.15, 0.2) is 0 Å². The molecule has 2 fully saturated rings. The number of rotatable bonds is 5. The van der Waals surface area contributed by atoms with Crippen LogP contribution in [0.25, 0.3) is 0 Å². The lowest BCUT2D eigenvalue weighted by Crippen LogP contribution is -2.35. The molecule has 4 unspecified atom stereocenters. The maximum atomic E-state index is 11.6. The van der Waals surface area contributed by atoms with Crippen molar-refractivity contribution in [2.75, 3.05) is 0 Å². The molecule has 0 amide bonds. The highest BCUT2D eigenvalue weighted by atomic mass is 32.1. The van der Waals surface area contributed by atoms with Gasteiger partial charge in [0.05, 0.1) is 18.1 Å². The number of ether oxygens (including phenoxy) is 1. The first-order valence-corrected chi connectivity index (χ1v) is 12.3. The third kappa shape index (κ3) is 11.4. The van der Waals surface area contributed by atoms with Gasteiger partial charge < -0.3 is 9.84 Å². The molecule has 0 aromatic rings. The molecule has 5 nitrogen and oxygen atoms in total. The highest BCUT2D eigenvalue weighted by molar-refractivity contribution is 7.81. The van der Waals surface area contributed by atoms with Crippen LogP contribution < -0.4 is 0 Å². The molecule has 0 aliphatic heterocycles. The normalized spacial score (nSPS) is 28.2. The van der Waals surface area contributed by atoms with E-state index in [-0.39, 0.29) is 30.2 Å². The fourth-order valence-corrected chi connectivity index (χ4v) is 4.67. The minimum atomic E-state index is -0.954. The number of carbonyl (C=O) groups is 3. The number of Topliss-reactive ketones (excluding diaryl/α,β-unsaturated/α-hetero) is 1. The molecule has 6 heteroatoms. The van der Waals surface area contributed by atoms with E-state index >= 15 is 0 Å². The number of aliphatic carboxylic acids is 1. The summed E-state index contributed by atoms with van der Waals surface area (Å²) in [6.45, 7) is 6.48. The molecule has 0 aromatic heterocycles. The highest BCUT2D eigenvalue weighted by Crippen LogP contribution is 2.35. The van der Waals surface area contributed by atoms with Crippen molar-refractivity contribution < 1.29 is 24.2 Å². The molecule has 174 valence electrons. The van der Waals surface area contributed by atoms with Gasteiger partial charge in [-0.2, -0.15) is 12.6 Å². The zero-order valence-corrected chi connectivity index (χ0v) is 20.0. The zero-order valence-electron chi connectivity index (χ0n) is 19.1. The second kappa shape index (κ2) is 14.9. The lowest BCUT2D eigenvalue weighted by molar-refractivity contribution is -0.158. The van der Waals surface area contributed by atoms with Gasteiger partial charge in [0.15, 0.2) is 0 Å². The third-order valence-corrected chi connectivity index (χ3v) is 6.86. The van der Waals surface area contributed by atoms with Crippen LogP contribution in [0.2, 0.25) is 0 Å². The number of carboxylic acids is 1. The molecular weight excluding hydrogens is 400 g/mol. The summed E-state index contributed by atoms with van der Waals surface area (Å²) in [6.07, 6.45) is 12.2. The monoisotopic (exact) mass is 442 g/mol. The third-order valence-electron chi connectivity index (χ3n) is 6.31. The van der Waals surface area contributed by atoms with Crippen molar-refractivity contribution in [1.82, 2.24) is 0 Å². The molecule has 0 spiro atoms. The molecule has 4 atom stereocenters. The minimum Gasteiger partial charge on any atom is -0.481 e. The Labute approximate surface area is 188 Å². The van der Waals surface area contributed by atoms with Crippen molar-refractivity contribution in [2.45, 2.75) is 116 Å². The number of carboxylic acid groups (broad SMARTS) is 1. The number of hydrogen-bond acceptors (Lipinski definition) is 5. The Bertz CT molecular complexity index is 534. The molecule has 0 aromatic carbocycles. The SMILES string of the molecule is CC1CCC(C(C)C)C(OC(=O)CCC(=O)O)C1.O=C1CCCCCCCCC1S. The summed E-state index contributed by atoms with van der Waals surface area (Å²) >= 11 is 4.31. The molecule has 0 bridgehead atoms. The number of carbonyl (C=O) groups excluding carboxylic acids is 2. The molecule has 0 saturated heterocycles.